The number of fused-ring (bicyclic) bond motifs is 1. The van der Waals surface area contributed by atoms with Crippen molar-refractivity contribution in [1.82, 2.24) is 5.43 Å². The Labute approximate surface area is 118 Å². The third kappa shape index (κ3) is 3.18. The van der Waals surface area contributed by atoms with Crippen molar-refractivity contribution in [2.45, 2.75) is 26.9 Å². The summed E-state index contributed by atoms with van der Waals surface area (Å²) in [5, 5.41) is 0.748. The van der Waals surface area contributed by atoms with Crippen LogP contribution in [-0.4, -0.2) is 12.5 Å². The number of benzene rings is 1. The molecule has 0 saturated carbocycles. The normalized spacial score (nSPS) is 11.2. The van der Waals surface area contributed by atoms with Gasteiger partial charge in [-0.15, -0.1) is 0 Å². The Bertz CT molecular complexity index is 590. The number of hydrogen-bond acceptors (Lipinski definition) is 4. The fourth-order valence-corrected chi connectivity index (χ4v) is 2.00. The fourth-order valence-electron chi connectivity index (χ4n) is 2.00. The van der Waals surface area contributed by atoms with Crippen LogP contribution in [0.3, 0.4) is 0 Å². The monoisotopic (exact) mass is 276 g/mol. The molecule has 1 aromatic carbocycles. The van der Waals surface area contributed by atoms with E-state index < -0.39 is 0 Å². The molecule has 1 aromatic heterocycles. The second-order valence-electron chi connectivity index (χ2n) is 5.10. The summed E-state index contributed by atoms with van der Waals surface area (Å²) in [4.78, 5) is 11.9. The summed E-state index contributed by atoms with van der Waals surface area (Å²) in [6, 6.07) is 7.37. The standard InChI is InChI=1S/C15H20N2O3/c1-10(2)7-8-19-9-13-14(15(18)17-16)11-5-3-4-6-12(11)20-13/h3-6,10H,7-9,16H2,1-2H3,(H,17,18). The van der Waals surface area contributed by atoms with Crippen LogP contribution in [0.5, 0.6) is 0 Å². The summed E-state index contributed by atoms with van der Waals surface area (Å²) >= 11 is 0. The second-order valence-corrected chi connectivity index (χ2v) is 5.10. The number of ether oxygens (including phenoxy) is 1. The van der Waals surface area contributed by atoms with Gasteiger partial charge in [0, 0.05) is 12.0 Å². The number of amides is 1. The third-order valence-corrected chi connectivity index (χ3v) is 3.10. The van der Waals surface area contributed by atoms with E-state index in [4.69, 9.17) is 15.0 Å². The number of nitrogens with one attached hydrogen (secondary N) is 1. The molecule has 1 heterocycles. The van der Waals surface area contributed by atoms with Gasteiger partial charge in [-0.3, -0.25) is 10.2 Å². The highest BCUT2D eigenvalue weighted by atomic mass is 16.5. The molecule has 3 N–H and O–H groups in total. The molecule has 108 valence electrons. The minimum atomic E-state index is -0.364. The molecule has 20 heavy (non-hydrogen) atoms. The van der Waals surface area contributed by atoms with Crippen LogP contribution in [0.4, 0.5) is 0 Å². The SMILES string of the molecule is CC(C)CCOCc1oc2ccccc2c1C(=O)NN. The zero-order valence-electron chi connectivity index (χ0n) is 11.8. The highest BCUT2D eigenvalue weighted by molar-refractivity contribution is 6.06. The van der Waals surface area contributed by atoms with Gasteiger partial charge in [0.1, 0.15) is 18.0 Å². The Morgan fingerprint density at radius 3 is 2.85 bits per heavy atom. The number of para-hydroxylation sites is 1. The van der Waals surface area contributed by atoms with Gasteiger partial charge in [0.15, 0.2) is 0 Å². The van der Waals surface area contributed by atoms with Crippen LogP contribution in [0.1, 0.15) is 36.4 Å². The lowest BCUT2D eigenvalue weighted by molar-refractivity contribution is 0.0897. The van der Waals surface area contributed by atoms with E-state index in [1.165, 1.54) is 0 Å². The number of carbonyl (C=O) groups is 1. The Morgan fingerprint density at radius 2 is 2.15 bits per heavy atom. The molecule has 2 aromatic rings. The number of nitrogen functional groups attached to an aromatic ring is 1. The maximum absolute atomic E-state index is 11.9. The highest BCUT2D eigenvalue weighted by Crippen LogP contribution is 2.26. The minimum absolute atomic E-state index is 0.268. The van der Waals surface area contributed by atoms with Gasteiger partial charge in [0.05, 0.1) is 5.56 Å². The van der Waals surface area contributed by atoms with Gasteiger partial charge in [0.25, 0.3) is 5.91 Å². The average Bonchev–Trinajstić information content (AvgIpc) is 2.80. The molecule has 0 bridgehead atoms. The fraction of sp³-hybridized carbons (Fsp3) is 0.400. The lowest BCUT2D eigenvalue weighted by Crippen LogP contribution is -2.30. The zero-order valence-corrected chi connectivity index (χ0v) is 11.8. The van der Waals surface area contributed by atoms with E-state index in [-0.39, 0.29) is 12.5 Å². The number of nitrogens with two attached hydrogens (primary N) is 1. The molecule has 0 radical (unpaired) electrons. The predicted octanol–water partition coefficient (Wildman–Crippen LogP) is 2.60. The van der Waals surface area contributed by atoms with Crippen LogP contribution in [-0.2, 0) is 11.3 Å². The summed E-state index contributed by atoms with van der Waals surface area (Å²) in [6.07, 6.45) is 0.971. The third-order valence-electron chi connectivity index (χ3n) is 3.10. The maximum Gasteiger partial charge on any atom is 0.269 e. The van der Waals surface area contributed by atoms with Crippen molar-refractivity contribution in [3.63, 3.8) is 0 Å². The molecule has 1 amide bonds. The van der Waals surface area contributed by atoms with Gasteiger partial charge in [-0.05, 0) is 18.4 Å². The van der Waals surface area contributed by atoms with Gasteiger partial charge in [-0.1, -0.05) is 32.0 Å². The highest BCUT2D eigenvalue weighted by Gasteiger charge is 2.19. The van der Waals surface area contributed by atoms with Crippen LogP contribution < -0.4 is 11.3 Å². The molecule has 0 fully saturated rings. The van der Waals surface area contributed by atoms with Gasteiger partial charge in [-0.25, -0.2) is 5.84 Å². The first kappa shape index (κ1) is 14.6. The summed E-state index contributed by atoms with van der Waals surface area (Å²) in [7, 11) is 0. The largest absolute Gasteiger partial charge is 0.458 e. The van der Waals surface area contributed by atoms with Crippen molar-refractivity contribution >= 4 is 16.9 Å². The summed E-state index contributed by atoms with van der Waals surface area (Å²) in [5.41, 5.74) is 3.27. The molecule has 5 nitrogen and oxygen atoms in total. The molecule has 0 saturated heterocycles. The van der Waals surface area contributed by atoms with E-state index >= 15 is 0 Å². The Morgan fingerprint density at radius 1 is 1.40 bits per heavy atom. The lowest BCUT2D eigenvalue weighted by Gasteiger charge is -2.06. The van der Waals surface area contributed by atoms with Crippen molar-refractivity contribution in [2.24, 2.45) is 11.8 Å². The van der Waals surface area contributed by atoms with Crippen molar-refractivity contribution < 1.29 is 13.9 Å². The van der Waals surface area contributed by atoms with E-state index in [2.05, 4.69) is 19.3 Å². The van der Waals surface area contributed by atoms with Crippen molar-refractivity contribution in [2.75, 3.05) is 6.61 Å². The lowest BCUT2D eigenvalue weighted by atomic mass is 10.1. The van der Waals surface area contributed by atoms with Gasteiger partial charge >= 0.3 is 0 Å². The van der Waals surface area contributed by atoms with Gasteiger partial charge < -0.3 is 9.15 Å². The van der Waals surface area contributed by atoms with E-state index in [1.807, 2.05) is 24.3 Å². The van der Waals surface area contributed by atoms with Gasteiger partial charge in [0.2, 0.25) is 0 Å². The van der Waals surface area contributed by atoms with Crippen molar-refractivity contribution in [1.29, 1.82) is 0 Å². The van der Waals surface area contributed by atoms with E-state index in [9.17, 15) is 4.79 Å². The Kier molecular flexibility index (Phi) is 4.76. The number of carbonyl (C=O) groups excluding carboxylic acids is 1. The Balaban J connectivity index is 2.20. The molecular formula is C15H20N2O3. The summed E-state index contributed by atoms with van der Waals surface area (Å²) in [6.45, 7) is 5.18. The van der Waals surface area contributed by atoms with Crippen LogP contribution in [0.15, 0.2) is 28.7 Å². The second kappa shape index (κ2) is 6.54. The van der Waals surface area contributed by atoms with Crippen molar-refractivity contribution in [3.05, 3.63) is 35.6 Å². The summed E-state index contributed by atoms with van der Waals surface area (Å²) in [5.74, 6) is 5.97. The van der Waals surface area contributed by atoms with E-state index in [0.717, 1.165) is 11.8 Å². The molecule has 0 aliphatic carbocycles. The maximum atomic E-state index is 11.9. The van der Waals surface area contributed by atoms with E-state index in [0.29, 0.717) is 29.4 Å². The van der Waals surface area contributed by atoms with Crippen LogP contribution >= 0.6 is 0 Å². The quantitative estimate of drug-likeness (QED) is 0.368. The number of hydrazine groups is 1. The number of furan rings is 1. The molecule has 5 heteroatoms. The molecule has 0 atom stereocenters. The van der Waals surface area contributed by atoms with Crippen LogP contribution in [0, 0.1) is 5.92 Å². The first-order valence-corrected chi connectivity index (χ1v) is 6.72. The molecule has 2 rings (SSSR count). The van der Waals surface area contributed by atoms with Crippen LogP contribution in [0.25, 0.3) is 11.0 Å². The van der Waals surface area contributed by atoms with Gasteiger partial charge in [-0.2, -0.15) is 0 Å². The number of rotatable bonds is 6. The molecule has 0 aliphatic heterocycles. The zero-order chi connectivity index (χ0) is 14.5. The minimum Gasteiger partial charge on any atom is -0.458 e. The molecule has 0 aliphatic rings. The molecular weight excluding hydrogens is 256 g/mol. The molecule has 0 spiro atoms. The first-order valence-electron chi connectivity index (χ1n) is 6.72. The smallest absolute Gasteiger partial charge is 0.269 e. The van der Waals surface area contributed by atoms with Crippen molar-refractivity contribution in [3.8, 4) is 0 Å². The molecule has 0 unspecified atom stereocenters. The van der Waals surface area contributed by atoms with E-state index in [1.54, 1.807) is 0 Å². The Hall–Kier alpha value is -1.85. The number of hydrogen-bond donors (Lipinski definition) is 2. The first-order chi connectivity index (χ1) is 9.63. The topological polar surface area (TPSA) is 77.5 Å². The average molecular weight is 276 g/mol. The predicted molar refractivity (Wildman–Crippen MR) is 77.0 cm³/mol. The summed E-state index contributed by atoms with van der Waals surface area (Å²) < 4.78 is 11.3. The van der Waals surface area contributed by atoms with Crippen LogP contribution in [0.2, 0.25) is 0 Å².